The first-order chi connectivity index (χ1) is 11.7. The Labute approximate surface area is 145 Å². The number of rotatable bonds is 3. The smallest absolute Gasteiger partial charge is 0.315 e. The average molecular weight is 346 g/mol. The zero-order valence-corrected chi connectivity index (χ0v) is 14.5. The summed E-state index contributed by atoms with van der Waals surface area (Å²) in [5.41, 5.74) is 2.30. The SMILES string of the molecule is Cn1cc([C@H]2OCC[C@@H]2NC(=O)N[C@@H]2CCCc3sccc32)cn1. The van der Waals surface area contributed by atoms with E-state index in [-0.39, 0.29) is 24.2 Å². The predicted molar refractivity (Wildman–Crippen MR) is 92.0 cm³/mol. The minimum absolute atomic E-state index is 0.0141. The molecule has 0 bridgehead atoms. The van der Waals surface area contributed by atoms with E-state index < -0.39 is 0 Å². The number of fused-ring (bicyclic) bond motifs is 1. The van der Waals surface area contributed by atoms with Crippen LogP contribution >= 0.6 is 11.3 Å². The molecular weight excluding hydrogens is 324 g/mol. The van der Waals surface area contributed by atoms with Crippen LogP contribution in [0.2, 0.25) is 0 Å². The summed E-state index contributed by atoms with van der Waals surface area (Å²) in [7, 11) is 1.88. The summed E-state index contributed by atoms with van der Waals surface area (Å²) in [4.78, 5) is 13.9. The molecule has 1 aliphatic heterocycles. The number of aromatic nitrogens is 2. The Kier molecular flexibility index (Phi) is 4.28. The largest absolute Gasteiger partial charge is 0.371 e. The van der Waals surface area contributed by atoms with Gasteiger partial charge in [0, 0.05) is 30.3 Å². The number of hydrogen-bond acceptors (Lipinski definition) is 4. The minimum Gasteiger partial charge on any atom is -0.371 e. The quantitative estimate of drug-likeness (QED) is 0.898. The lowest BCUT2D eigenvalue weighted by Gasteiger charge is -2.25. The number of nitrogens with zero attached hydrogens (tertiary/aromatic N) is 2. The van der Waals surface area contributed by atoms with Crippen LogP contribution < -0.4 is 10.6 Å². The Morgan fingerprint density at radius 1 is 1.42 bits per heavy atom. The zero-order valence-electron chi connectivity index (χ0n) is 13.7. The zero-order chi connectivity index (χ0) is 16.5. The van der Waals surface area contributed by atoms with E-state index in [1.54, 1.807) is 22.2 Å². The van der Waals surface area contributed by atoms with Gasteiger partial charge in [-0.2, -0.15) is 5.10 Å². The van der Waals surface area contributed by atoms with Crippen molar-refractivity contribution in [3.8, 4) is 0 Å². The first kappa shape index (κ1) is 15.7. The second kappa shape index (κ2) is 6.57. The summed E-state index contributed by atoms with van der Waals surface area (Å²) in [6, 6.07) is 2.14. The fourth-order valence-electron chi connectivity index (χ4n) is 3.66. The van der Waals surface area contributed by atoms with Gasteiger partial charge in [-0.1, -0.05) is 0 Å². The summed E-state index contributed by atoms with van der Waals surface area (Å²) < 4.78 is 7.56. The van der Waals surface area contributed by atoms with Crippen molar-refractivity contribution in [2.75, 3.05) is 6.61 Å². The van der Waals surface area contributed by atoms with Gasteiger partial charge in [-0.3, -0.25) is 4.68 Å². The van der Waals surface area contributed by atoms with E-state index in [1.807, 2.05) is 13.2 Å². The lowest BCUT2D eigenvalue weighted by molar-refractivity contribution is 0.0997. The van der Waals surface area contributed by atoms with E-state index in [0.717, 1.165) is 31.2 Å². The number of ether oxygens (including phenoxy) is 1. The number of thiophene rings is 1. The van der Waals surface area contributed by atoms with Crippen molar-refractivity contribution in [1.82, 2.24) is 20.4 Å². The van der Waals surface area contributed by atoms with Crippen molar-refractivity contribution in [2.24, 2.45) is 7.05 Å². The molecule has 3 heterocycles. The first-order valence-corrected chi connectivity index (χ1v) is 9.32. The summed E-state index contributed by atoms with van der Waals surface area (Å²) in [6.45, 7) is 0.655. The van der Waals surface area contributed by atoms with Crippen LogP contribution in [0, 0.1) is 0 Å². The molecule has 2 aromatic heterocycles. The molecule has 1 aliphatic carbocycles. The average Bonchev–Trinajstić information content (AvgIpc) is 3.27. The van der Waals surface area contributed by atoms with Crippen LogP contribution in [0.25, 0.3) is 0 Å². The van der Waals surface area contributed by atoms with Gasteiger partial charge < -0.3 is 15.4 Å². The minimum atomic E-state index is -0.118. The van der Waals surface area contributed by atoms with Gasteiger partial charge in [0.15, 0.2) is 0 Å². The molecule has 0 aromatic carbocycles. The fourth-order valence-corrected chi connectivity index (χ4v) is 4.65. The van der Waals surface area contributed by atoms with Gasteiger partial charge in [0.25, 0.3) is 0 Å². The standard InChI is InChI=1S/C17H22N4O2S/c1-21-10-11(9-18-21)16-14(5-7-23-16)20-17(22)19-13-3-2-4-15-12(13)6-8-24-15/h6,8-10,13-14,16H,2-5,7H2,1H3,(H2,19,20,22)/t13-,14+,16-/m1/s1. The van der Waals surface area contributed by atoms with Crippen molar-refractivity contribution in [2.45, 2.75) is 43.9 Å². The molecule has 7 heteroatoms. The Morgan fingerprint density at radius 2 is 2.33 bits per heavy atom. The van der Waals surface area contributed by atoms with Gasteiger partial charge in [-0.05, 0) is 42.7 Å². The Hall–Kier alpha value is -1.86. The molecule has 128 valence electrons. The van der Waals surface area contributed by atoms with Gasteiger partial charge in [-0.15, -0.1) is 11.3 Å². The number of amides is 2. The van der Waals surface area contributed by atoms with Gasteiger partial charge >= 0.3 is 6.03 Å². The fraction of sp³-hybridized carbons (Fsp3) is 0.529. The maximum absolute atomic E-state index is 12.5. The predicted octanol–water partition coefficient (Wildman–Crippen LogP) is 2.69. The van der Waals surface area contributed by atoms with Crippen LogP contribution in [0.5, 0.6) is 0 Å². The van der Waals surface area contributed by atoms with Crippen LogP contribution in [-0.2, 0) is 18.2 Å². The monoisotopic (exact) mass is 346 g/mol. The molecule has 1 fully saturated rings. The third-order valence-electron chi connectivity index (χ3n) is 4.82. The molecule has 0 radical (unpaired) electrons. The van der Waals surface area contributed by atoms with Crippen molar-refractivity contribution in [3.63, 3.8) is 0 Å². The summed E-state index contributed by atoms with van der Waals surface area (Å²) >= 11 is 1.79. The molecule has 4 rings (SSSR count). The Bertz CT molecular complexity index is 726. The molecule has 2 aliphatic rings. The van der Waals surface area contributed by atoms with Crippen LogP contribution in [0.3, 0.4) is 0 Å². The molecule has 0 spiro atoms. The van der Waals surface area contributed by atoms with E-state index in [4.69, 9.17) is 4.74 Å². The Balaban J connectivity index is 1.39. The topological polar surface area (TPSA) is 68.2 Å². The maximum atomic E-state index is 12.5. The number of urea groups is 1. The Morgan fingerprint density at radius 3 is 3.17 bits per heavy atom. The summed E-state index contributed by atoms with van der Waals surface area (Å²) in [5.74, 6) is 0. The van der Waals surface area contributed by atoms with E-state index in [2.05, 4.69) is 27.2 Å². The van der Waals surface area contributed by atoms with Crippen molar-refractivity contribution < 1.29 is 9.53 Å². The second-order valence-corrected chi connectivity index (χ2v) is 7.50. The van der Waals surface area contributed by atoms with Gasteiger partial charge in [0.05, 0.1) is 18.3 Å². The lowest BCUT2D eigenvalue weighted by atomic mass is 9.94. The molecule has 6 nitrogen and oxygen atoms in total. The van der Waals surface area contributed by atoms with Crippen molar-refractivity contribution >= 4 is 17.4 Å². The van der Waals surface area contributed by atoms with E-state index in [1.165, 1.54) is 10.4 Å². The van der Waals surface area contributed by atoms with E-state index in [0.29, 0.717) is 6.61 Å². The van der Waals surface area contributed by atoms with Crippen molar-refractivity contribution in [3.05, 3.63) is 39.8 Å². The molecule has 3 atom stereocenters. The van der Waals surface area contributed by atoms with Crippen LogP contribution in [0.4, 0.5) is 4.79 Å². The molecule has 0 unspecified atom stereocenters. The normalized spacial score (nSPS) is 26.1. The van der Waals surface area contributed by atoms with Crippen molar-refractivity contribution in [1.29, 1.82) is 0 Å². The molecule has 24 heavy (non-hydrogen) atoms. The molecule has 1 saturated heterocycles. The highest BCUT2D eigenvalue weighted by Gasteiger charge is 2.32. The number of aryl methyl sites for hydroxylation is 2. The second-order valence-electron chi connectivity index (χ2n) is 6.50. The third-order valence-corrected chi connectivity index (χ3v) is 5.82. The number of hydrogen-bond donors (Lipinski definition) is 2. The van der Waals surface area contributed by atoms with E-state index >= 15 is 0 Å². The molecular formula is C17H22N4O2S. The summed E-state index contributed by atoms with van der Waals surface area (Å²) in [6.07, 6.45) is 7.72. The highest BCUT2D eigenvalue weighted by molar-refractivity contribution is 7.10. The third kappa shape index (κ3) is 3.06. The number of carbonyl (C=O) groups excluding carboxylic acids is 1. The van der Waals surface area contributed by atoms with Gasteiger partial charge in [0.2, 0.25) is 0 Å². The van der Waals surface area contributed by atoms with Crippen LogP contribution in [0.1, 0.15) is 47.4 Å². The number of carbonyl (C=O) groups is 1. The van der Waals surface area contributed by atoms with Gasteiger partial charge in [0.1, 0.15) is 6.10 Å². The number of nitrogens with one attached hydrogen (secondary N) is 2. The van der Waals surface area contributed by atoms with Gasteiger partial charge in [-0.25, -0.2) is 4.79 Å². The molecule has 2 amide bonds. The maximum Gasteiger partial charge on any atom is 0.315 e. The summed E-state index contributed by atoms with van der Waals surface area (Å²) in [5, 5.41) is 12.6. The van der Waals surface area contributed by atoms with Crippen LogP contribution in [0.15, 0.2) is 23.8 Å². The first-order valence-electron chi connectivity index (χ1n) is 8.44. The molecule has 2 aromatic rings. The highest BCUT2D eigenvalue weighted by Crippen LogP contribution is 2.33. The molecule has 2 N–H and O–H groups in total. The molecule has 0 saturated carbocycles. The van der Waals surface area contributed by atoms with Crippen LogP contribution in [-0.4, -0.2) is 28.5 Å². The highest BCUT2D eigenvalue weighted by atomic mass is 32.1. The van der Waals surface area contributed by atoms with E-state index in [9.17, 15) is 4.79 Å². The lowest BCUT2D eigenvalue weighted by Crippen LogP contribution is -2.45.